The number of nitrogens with zero attached hydrogens (tertiary/aromatic N) is 1. The van der Waals surface area contributed by atoms with Crippen molar-refractivity contribution in [3.8, 4) is 0 Å². The highest BCUT2D eigenvalue weighted by molar-refractivity contribution is 5.19. The molecule has 1 heterocycles. The van der Waals surface area contributed by atoms with Crippen molar-refractivity contribution in [2.75, 3.05) is 26.3 Å². The van der Waals surface area contributed by atoms with E-state index in [0.717, 1.165) is 44.7 Å². The number of ether oxygens (including phenoxy) is 1. The lowest BCUT2D eigenvalue weighted by Crippen LogP contribution is -2.46. The maximum Gasteiger partial charge on any atom is 0.0945 e. The lowest BCUT2D eigenvalue weighted by molar-refractivity contribution is -0.0258. The van der Waals surface area contributed by atoms with Gasteiger partial charge in [0.05, 0.1) is 19.3 Å². The van der Waals surface area contributed by atoms with Gasteiger partial charge in [-0.05, 0) is 12.0 Å². The summed E-state index contributed by atoms with van der Waals surface area (Å²) in [7, 11) is 0. The molecule has 0 aromatic heterocycles. The molecule has 1 N–H and O–H groups in total. The van der Waals surface area contributed by atoms with Crippen LogP contribution in [0.1, 0.15) is 37.9 Å². The number of aliphatic hydroxyl groups excluding tert-OH is 1. The van der Waals surface area contributed by atoms with E-state index in [1.165, 1.54) is 6.42 Å². The fraction of sp³-hybridized carbons (Fsp3) is 0.625. The van der Waals surface area contributed by atoms with Gasteiger partial charge in [-0.15, -0.1) is 0 Å². The Balaban J connectivity index is 2.07. The Morgan fingerprint density at radius 3 is 2.53 bits per heavy atom. The Hall–Kier alpha value is -0.900. The Morgan fingerprint density at radius 1 is 1.21 bits per heavy atom. The van der Waals surface area contributed by atoms with Crippen LogP contribution in [0.2, 0.25) is 0 Å². The van der Waals surface area contributed by atoms with Crippen molar-refractivity contribution in [1.82, 2.24) is 4.90 Å². The Bertz CT molecular complexity index is 349. The first-order valence-electron chi connectivity index (χ1n) is 7.37. The third-order valence-corrected chi connectivity index (χ3v) is 3.87. The largest absolute Gasteiger partial charge is 0.387 e. The predicted octanol–water partition coefficient (Wildman–Crippen LogP) is 2.61. The predicted molar refractivity (Wildman–Crippen MR) is 77.1 cm³/mol. The topological polar surface area (TPSA) is 32.7 Å². The van der Waals surface area contributed by atoms with Gasteiger partial charge < -0.3 is 9.84 Å². The molecule has 0 unspecified atom stereocenters. The molecule has 3 heteroatoms. The second kappa shape index (κ2) is 7.63. The maximum absolute atomic E-state index is 10.7. The van der Waals surface area contributed by atoms with Crippen LogP contribution in [0.3, 0.4) is 0 Å². The van der Waals surface area contributed by atoms with Gasteiger partial charge in [0.2, 0.25) is 0 Å². The van der Waals surface area contributed by atoms with Crippen LogP contribution in [-0.2, 0) is 4.74 Å². The molecule has 1 fully saturated rings. The first-order chi connectivity index (χ1) is 9.33. The van der Waals surface area contributed by atoms with E-state index in [2.05, 4.69) is 11.8 Å². The summed E-state index contributed by atoms with van der Waals surface area (Å²) in [4.78, 5) is 2.39. The van der Waals surface area contributed by atoms with Crippen LogP contribution in [0.5, 0.6) is 0 Å². The molecule has 2 atom stereocenters. The first-order valence-corrected chi connectivity index (χ1v) is 7.37. The highest BCUT2D eigenvalue weighted by Crippen LogP contribution is 2.25. The molecular weight excluding hydrogens is 238 g/mol. The number of morpholine rings is 1. The van der Waals surface area contributed by atoms with Crippen molar-refractivity contribution < 1.29 is 9.84 Å². The second-order valence-corrected chi connectivity index (χ2v) is 5.21. The zero-order valence-electron chi connectivity index (χ0n) is 11.8. The van der Waals surface area contributed by atoms with E-state index in [1.807, 2.05) is 30.3 Å². The molecule has 0 amide bonds. The van der Waals surface area contributed by atoms with Crippen molar-refractivity contribution in [3.05, 3.63) is 35.9 Å². The summed E-state index contributed by atoms with van der Waals surface area (Å²) in [6, 6.07) is 10.2. The highest BCUT2D eigenvalue weighted by atomic mass is 16.5. The highest BCUT2D eigenvalue weighted by Gasteiger charge is 2.27. The molecule has 3 nitrogen and oxygen atoms in total. The van der Waals surface area contributed by atoms with Crippen LogP contribution in [0.15, 0.2) is 30.3 Å². The van der Waals surface area contributed by atoms with Crippen LogP contribution in [0, 0.1) is 0 Å². The van der Waals surface area contributed by atoms with Gasteiger partial charge >= 0.3 is 0 Å². The smallest absolute Gasteiger partial charge is 0.0945 e. The molecule has 2 rings (SSSR count). The molecule has 1 aliphatic heterocycles. The third kappa shape index (κ3) is 4.03. The van der Waals surface area contributed by atoms with Gasteiger partial charge in [-0.2, -0.15) is 0 Å². The van der Waals surface area contributed by atoms with Gasteiger partial charge in [-0.25, -0.2) is 0 Å². The molecule has 1 aromatic rings. The number of hydrogen-bond acceptors (Lipinski definition) is 3. The third-order valence-electron chi connectivity index (χ3n) is 3.87. The normalized spacial score (nSPS) is 20.1. The zero-order chi connectivity index (χ0) is 13.5. The molecule has 0 bridgehead atoms. The van der Waals surface area contributed by atoms with E-state index >= 15 is 0 Å². The monoisotopic (exact) mass is 263 g/mol. The molecular formula is C16H25NO2. The van der Waals surface area contributed by atoms with Crippen LogP contribution in [0.4, 0.5) is 0 Å². The van der Waals surface area contributed by atoms with Crippen molar-refractivity contribution in [2.45, 2.75) is 38.3 Å². The summed E-state index contributed by atoms with van der Waals surface area (Å²) in [5, 5.41) is 10.7. The fourth-order valence-corrected chi connectivity index (χ4v) is 2.73. The summed E-state index contributed by atoms with van der Waals surface area (Å²) in [5.41, 5.74) is 1.02. The minimum Gasteiger partial charge on any atom is -0.387 e. The van der Waals surface area contributed by atoms with E-state index in [1.54, 1.807) is 0 Å². The molecule has 0 aliphatic carbocycles. The number of aliphatic hydroxyl groups is 1. The minimum absolute atomic E-state index is 0.214. The van der Waals surface area contributed by atoms with Crippen molar-refractivity contribution in [2.24, 2.45) is 0 Å². The minimum atomic E-state index is -0.397. The van der Waals surface area contributed by atoms with Crippen molar-refractivity contribution in [1.29, 1.82) is 0 Å². The van der Waals surface area contributed by atoms with E-state index in [-0.39, 0.29) is 6.04 Å². The molecule has 106 valence electrons. The van der Waals surface area contributed by atoms with Gasteiger partial charge in [0.1, 0.15) is 0 Å². The van der Waals surface area contributed by atoms with Crippen LogP contribution in [0.25, 0.3) is 0 Å². The van der Waals surface area contributed by atoms with Gasteiger partial charge in [0, 0.05) is 19.1 Å². The van der Waals surface area contributed by atoms with Gasteiger partial charge in [-0.1, -0.05) is 50.1 Å². The molecule has 19 heavy (non-hydrogen) atoms. The lowest BCUT2D eigenvalue weighted by atomic mass is 9.96. The second-order valence-electron chi connectivity index (χ2n) is 5.21. The van der Waals surface area contributed by atoms with Crippen LogP contribution >= 0.6 is 0 Å². The molecule has 0 saturated carbocycles. The molecule has 1 aromatic carbocycles. The maximum atomic E-state index is 10.7. The van der Waals surface area contributed by atoms with E-state index < -0.39 is 6.10 Å². The average Bonchev–Trinajstić information content (AvgIpc) is 2.49. The number of rotatable bonds is 6. The number of benzene rings is 1. The number of unbranched alkanes of at least 4 members (excludes halogenated alkanes) is 1. The Labute approximate surface area is 116 Å². The molecule has 1 aliphatic rings. The summed E-state index contributed by atoms with van der Waals surface area (Å²) < 4.78 is 5.42. The fourth-order valence-electron chi connectivity index (χ4n) is 2.73. The van der Waals surface area contributed by atoms with E-state index in [0.29, 0.717) is 0 Å². The average molecular weight is 263 g/mol. The zero-order valence-corrected chi connectivity index (χ0v) is 11.8. The summed E-state index contributed by atoms with van der Waals surface area (Å²) in [6.07, 6.45) is 2.98. The van der Waals surface area contributed by atoms with E-state index in [4.69, 9.17) is 4.74 Å². The SMILES string of the molecule is CCCC[C@@H]([C@H](O)c1ccccc1)N1CCOCC1. The van der Waals surface area contributed by atoms with Gasteiger partial charge in [0.15, 0.2) is 0 Å². The van der Waals surface area contributed by atoms with Gasteiger partial charge in [-0.3, -0.25) is 4.90 Å². The Morgan fingerprint density at radius 2 is 1.89 bits per heavy atom. The van der Waals surface area contributed by atoms with Gasteiger partial charge in [0.25, 0.3) is 0 Å². The molecule has 0 spiro atoms. The van der Waals surface area contributed by atoms with Crippen LogP contribution < -0.4 is 0 Å². The Kier molecular flexibility index (Phi) is 5.83. The summed E-state index contributed by atoms with van der Waals surface area (Å²) in [6.45, 7) is 5.62. The molecule has 0 radical (unpaired) electrons. The lowest BCUT2D eigenvalue weighted by Gasteiger charge is -2.37. The summed E-state index contributed by atoms with van der Waals surface area (Å²) >= 11 is 0. The standard InChI is InChI=1S/C16H25NO2/c1-2-3-9-15(17-10-12-19-13-11-17)16(18)14-7-5-4-6-8-14/h4-8,15-16,18H,2-3,9-13H2,1H3/t15-,16+/m0/s1. The first kappa shape index (κ1) is 14.5. The quantitative estimate of drug-likeness (QED) is 0.856. The molecule has 1 saturated heterocycles. The summed E-state index contributed by atoms with van der Waals surface area (Å²) in [5.74, 6) is 0. The number of hydrogen-bond donors (Lipinski definition) is 1. The van der Waals surface area contributed by atoms with Crippen molar-refractivity contribution >= 4 is 0 Å². The van der Waals surface area contributed by atoms with E-state index in [9.17, 15) is 5.11 Å². The van der Waals surface area contributed by atoms with Crippen molar-refractivity contribution in [3.63, 3.8) is 0 Å². The van der Waals surface area contributed by atoms with Crippen LogP contribution in [-0.4, -0.2) is 42.4 Å².